The molecule has 0 bridgehead atoms. The third-order valence-electron chi connectivity index (χ3n) is 2.73. The molecule has 7 nitrogen and oxygen atoms in total. The van der Waals surface area contributed by atoms with E-state index < -0.39 is 11.9 Å². The van der Waals surface area contributed by atoms with Crippen molar-refractivity contribution in [2.75, 3.05) is 13.1 Å². The maximum Gasteiger partial charge on any atom is 0.414 e. The lowest BCUT2D eigenvalue weighted by molar-refractivity contribution is -0.159. The molecule has 3 rings (SSSR count). The fourth-order valence-corrected chi connectivity index (χ4v) is 1.81. The Hall–Kier alpha value is -2.96. The normalized spacial score (nSPS) is 12.9. The van der Waals surface area contributed by atoms with Crippen molar-refractivity contribution in [3.63, 3.8) is 0 Å². The molecule has 1 aliphatic rings. The minimum absolute atomic E-state index is 0.875. The van der Waals surface area contributed by atoms with E-state index in [1.165, 1.54) is 0 Å². The average Bonchev–Trinajstić information content (AvgIpc) is 3.01. The number of amidine groups is 1. The molecular weight excluding hydrogens is 274 g/mol. The van der Waals surface area contributed by atoms with Gasteiger partial charge in [-0.3, -0.25) is 9.98 Å². The third-order valence-corrected chi connectivity index (χ3v) is 2.73. The summed E-state index contributed by atoms with van der Waals surface area (Å²) in [4.78, 5) is 26.9. The van der Waals surface area contributed by atoms with E-state index in [2.05, 4.69) is 33.5 Å². The molecule has 0 fully saturated rings. The Labute approximate surface area is 120 Å². The topological polar surface area (TPSA) is 112 Å². The van der Waals surface area contributed by atoms with Crippen molar-refractivity contribution in [2.45, 2.75) is 0 Å². The summed E-state index contributed by atoms with van der Waals surface area (Å²) in [6.45, 7) is 1.82. The van der Waals surface area contributed by atoms with Crippen LogP contribution >= 0.6 is 0 Å². The van der Waals surface area contributed by atoms with Crippen LogP contribution in [0.1, 0.15) is 5.56 Å². The van der Waals surface area contributed by atoms with E-state index in [1.807, 2.05) is 18.3 Å². The lowest BCUT2D eigenvalue weighted by atomic mass is 10.1. The van der Waals surface area contributed by atoms with Crippen LogP contribution in [0.4, 0.5) is 0 Å². The van der Waals surface area contributed by atoms with Gasteiger partial charge in [0.2, 0.25) is 0 Å². The van der Waals surface area contributed by atoms with Gasteiger partial charge in [0.25, 0.3) is 0 Å². The fraction of sp³-hybridized carbons (Fsp3) is 0.143. The van der Waals surface area contributed by atoms with Crippen LogP contribution < -0.4 is 5.32 Å². The molecule has 21 heavy (non-hydrogen) atoms. The number of benzene rings is 1. The SMILES string of the molecule is O=C(O)C(=O)O.c1cnc2ccc(C3=NCCN3)cc2c1. The largest absolute Gasteiger partial charge is 0.473 e. The number of carbonyl (C=O) groups is 2. The molecule has 108 valence electrons. The van der Waals surface area contributed by atoms with Gasteiger partial charge >= 0.3 is 11.9 Å². The highest BCUT2D eigenvalue weighted by Crippen LogP contribution is 2.14. The standard InChI is InChI=1S/C12H11N3.C2H2O4/c1-2-9-8-10(12-14-6-7-15-12)3-4-11(9)13-5-1;3-1(4)2(5)6/h1-5,8H,6-7H2,(H,14,15);(H,3,4)(H,5,6). The van der Waals surface area contributed by atoms with Crippen molar-refractivity contribution in [1.82, 2.24) is 10.3 Å². The van der Waals surface area contributed by atoms with Gasteiger partial charge < -0.3 is 15.5 Å². The number of nitrogens with zero attached hydrogens (tertiary/aromatic N) is 2. The summed E-state index contributed by atoms with van der Waals surface area (Å²) in [7, 11) is 0. The Kier molecular flexibility index (Phi) is 4.45. The molecule has 0 aliphatic carbocycles. The molecule has 0 saturated heterocycles. The molecule has 2 aromatic rings. The Bertz CT molecular complexity index is 700. The smallest absolute Gasteiger partial charge is 0.414 e. The second-order valence-corrected chi connectivity index (χ2v) is 4.18. The summed E-state index contributed by atoms with van der Waals surface area (Å²) in [6.07, 6.45) is 1.81. The molecule has 0 amide bonds. The molecule has 2 heterocycles. The first-order valence-corrected chi connectivity index (χ1v) is 6.17. The minimum Gasteiger partial charge on any atom is -0.473 e. The number of hydrogen-bond acceptors (Lipinski definition) is 5. The van der Waals surface area contributed by atoms with E-state index >= 15 is 0 Å². The first-order chi connectivity index (χ1) is 10.1. The second-order valence-electron chi connectivity index (χ2n) is 4.18. The number of carboxylic acid groups (broad SMARTS) is 2. The predicted octanol–water partition coefficient (Wildman–Crippen LogP) is 0.740. The summed E-state index contributed by atoms with van der Waals surface area (Å²) < 4.78 is 0. The Morgan fingerprint density at radius 3 is 2.52 bits per heavy atom. The second kappa shape index (κ2) is 6.47. The van der Waals surface area contributed by atoms with Gasteiger partial charge in [-0.2, -0.15) is 0 Å². The van der Waals surface area contributed by atoms with E-state index in [0.717, 1.165) is 35.4 Å². The molecule has 0 saturated carbocycles. The van der Waals surface area contributed by atoms with Crippen molar-refractivity contribution < 1.29 is 19.8 Å². The fourth-order valence-electron chi connectivity index (χ4n) is 1.81. The minimum atomic E-state index is -1.82. The maximum absolute atomic E-state index is 9.10. The highest BCUT2D eigenvalue weighted by atomic mass is 16.4. The van der Waals surface area contributed by atoms with Gasteiger partial charge in [0.05, 0.1) is 12.1 Å². The summed E-state index contributed by atoms with van der Waals surface area (Å²) in [5, 5.41) is 19.2. The van der Waals surface area contributed by atoms with E-state index in [-0.39, 0.29) is 0 Å². The van der Waals surface area contributed by atoms with Crippen LogP contribution in [-0.2, 0) is 9.59 Å². The van der Waals surface area contributed by atoms with Gasteiger partial charge in [0.15, 0.2) is 0 Å². The molecule has 0 radical (unpaired) electrons. The van der Waals surface area contributed by atoms with Gasteiger partial charge in [-0.15, -0.1) is 0 Å². The number of rotatable bonds is 1. The number of aromatic nitrogens is 1. The Balaban J connectivity index is 0.000000232. The van der Waals surface area contributed by atoms with Gasteiger partial charge in [-0.1, -0.05) is 6.07 Å². The van der Waals surface area contributed by atoms with Crippen LogP contribution in [-0.4, -0.2) is 46.1 Å². The van der Waals surface area contributed by atoms with Crippen molar-refractivity contribution in [1.29, 1.82) is 0 Å². The number of aliphatic carboxylic acids is 2. The number of carboxylic acids is 2. The lowest BCUT2D eigenvalue weighted by Gasteiger charge is -2.03. The van der Waals surface area contributed by atoms with Gasteiger partial charge in [-0.05, 0) is 24.3 Å². The molecule has 7 heteroatoms. The van der Waals surface area contributed by atoms with Crippen molar-refractivity contribution in [3.05, 3.63) is 42.1 Å². The molecular formula is C14H13N3O4. The number of nitrogens with one attached hydrogen (secondary N) is 1. The van der Waals surface area contributed by atoms with Crippen LogP contribution in [0.3, 0.4) is 0 Å². The molecule has 1 aromatic carbocycles. The molecule has 0 unspecified atom stereocenters. The zero-order valence-electron chi connectivity index (χ0n) is 11.0. The molecule has 1 aliphatic heterocycles. The van der Waals surface area contributed by atoms with Gasteiger partial charge in [0.1, 0.15) is 5.84 Å². The van der Waals surface area contributed by atoms with Gasteiger partial charge in [-0.25, -0.2) is 9.59 Å². The van der Waals surface area contributed by atoms with E-state index in [9.17, 15) is 0 Å². The van der Waals surface area contributed by atoms with Crippen molar-refractivity contribution >= 4 is 28.7 Å². The quantitative estimate of drug-likeness (QED) is 0.667. The Morgan fingerprint density at radius 2 is 1.90 bits per heavy atom. The Morgan fingerprint density at radius 1 is 1.14 bits per heavy atom. The zero-order valence-corrected chi connectivity index (χ0v) is 11.0. The van der Waals surface area contributed by atoms with Crippen LogP contribution in [0.25, 0.3) is 10.9 Å². The summed E-state index contributed by atoms with van der Waals surface area (Å²) >= 11 is 0. The van der Waals surface area contributed by atoms with Crippen LogP contribution in [0.15, 0.2) is 41.5 Å². The molecule has 0 atom stereocenters. The summed E-state index contributed by atoms with van der Waals surface area (Å²) in [5.74, 6) is -2.65. The van der Waals surface area contributed by atoms with Crippen molar-refractivity contribution in [3.8, 4) is 0 Å². The van der Waals surface area contributed by atoms with Crippen LogP contribution in [0.2, 0.25) is 0 Å². The molecule has 3 N–H and O–H groups in total. The maximum atomic E-state index is 9.10. The number of fused-ring (bicyclic) bond motifs is 1. The monoisotopic (exact) mass is 287 g/mol. The van der Waals surface area contributed by atoms with Crippen LogP contribution in [0.5, 0.6) is 0 Å². The van der Waals surface area contributed by atoms with Crippen molar-refractivity contribution in [2.24, 2.45) is 4.99 Å². The van der Waals surface area contributed by atoms with Gasteiger partial charge in [0, 0.05) is 23.7 Å². The summed E-state index contributed by atoms with van der Waals surface area (Å²) in [5.41, 5.74) is 2.17. The lowest BCUT2D eigenvalue weighted by Crippen LogP contribution is -2.19. The van der Waals surface area contributed by atoms with E-state index in [4.69, 9.17) is 19.8 Å². The van der Waals surface area contributed by atoms with Crippen LogP contribution in [0, 0.1) is 0 Å². The average molecular weight is 287 g/mol. The first kappa shape index (κ1) is 14.4. The molecule has 1 aromatic heterocycles. The number of hydrogen-bond donors (Lipinski definition) is 3. The van der Waals surface area contributed by atoms with E-state index in [1.54, 1.807) is 0 Å². The third kappa shape index (κ3) is 3.75. The number of aliphatic imine (C=N–C) groups is 1. The predicted molar refractivity (Wildman–Crippen MR) is 76.4 cm³/mol. The van der Waals surface area contributed by atoms with E-state index in [0.29, 0.717) is 0 Å². The zero-order chi connectivity index (χ0) is 15.2. The number of pyridine rings is 1. The molecule has 0 spiro atoms. The highest BCUT2D eigenvalue weighted by Gasteiger charge is 2.08. The first-order valence-electron chi connectivity index (χ1n) is 6.17. The highest BCUT2D eigenvalue weighted by molar-refractivity contribution is 6.27. The summed E-state index contributed by atoms with van der Waals surface area (Å²) in [6, 6.07) is 10.2.